The van der Waals surface area contributed by atoms with Gasteiger partial charge < -0.3 is 15.3 Å². The largest absolute Gasteiger partial charge is 0.465 e. The number of carbonyl (C=O) groups excluding carboxylic acids is 2. The minimum Gasteiger partial charge on any atom is -0.465 e. The lowest BCUT2D eigenvalue weighted by molar-refractivity contribution is -0.141. The number of carbonyl (C=O) groups is 3. The van der Waals surface area contributed by atoms with Gasteiger partial charge in [0.15, 0.2) is 0 Å². The summed E-state index contributed by atoms with van der Waals surface area (Å²) in [5.74, 6) is -0.417. The van der Waals surface area contributed by atoms with Crippen LogP contribution in [0.15, 0.2) is 24.3 Å². The second-order valence-corrected chi connectivity index (χ2v) is 7.43. The Bertz CT molecular complexity index is 709. The molecule has 7 nitrogen and oxygen atoms in total. The number of hydrogen-bond acceptors (Lipinski definition) is 3. The molecule has 1 unspecified atom stereocenters. The molecular formula is C19H24ClN3O4. The standard InChI is InChI=1S/C19H24ClN3O4/c20-14-7-5-13(6-8-14)9-10-21-17(24)15-3-1-11-22(15)18(25)16-4-2-12-23(16)19(26)27/h5-8,15-16H,1-4,9-12H2,(H,21,24)(H,26,27)/t15-,16?/m0/s1. The molecule has 0 aromatic heterocycles. The molecule has 0 radical (unpaired) electrons. The van der Waals surface area contributed by atoms with E-state index in [1.54, 1.807) is 4.90 Å². The highest BCUT2D eigenvalue weighted by molar-refractivity contribution is 6.30. The Labute approximate surface area is 163 Å². The minimum absolute atomic E-state index is 0.172. The lowest BCUT2D eigenvalue weighted by Gasteiger charge is -2.29. The van der Waals surface area contributed by atoms with Gasteiger partial charge in [-0.3, -0.25) is 14.5 Å². The maximum Gasteiger partial charge on any atom is 0.407 e. The smallest absolute Gasteiger partial charge is 0.407 e. The molecule has 2 heterocycles. The molecule has 2 aliphatic heterocycles. The molecule has 2 aliphatic rings. The number of carboxylic acid groups (broad SMARTS) is 1. The van der Waals surface area contributed by atoms with Crippen molar-refractivity contribution in [2.75, 3.05) is 19.6 Å². The monoisotopic (exact) mass is 393 g/mol. The van der Waals surface area contributed by atoms with Crippen LogP contribution in [0.2, 0.25) is 5.02 Å². The van der Waals surface area contributed by atoms with Crippen molar-refractivity contribution in [1.82, 2.24) is 15.1 Å². The second-order valence-electron chi connectivity index (χ2n) is 6.99. The molecule has 3 rings (SSSR count). The molecule has 8 heteroatoms. The molecule has 0 spiro atoms. The van der Waals surface area contributed by atoms with Crippen LogP contribution in [0.5, 0.6) is 0 Å². The second kappa shape index (κ2) is 8.61. The van der Waals surface area contributed by atoms with E-state index in [0.717, 1.165) is 12.0 Å². The van der Waals surface area contributed by atoms with E-state index >= 15 is 0 Å². The number of likely N-dealkylation sites (tertiary alicyclic amines) is 2. The summed E-state index contributed by atoms with van der Waals surface area (Å²) in [6.45, 7) is 1.35. The maximum atomic E-state index is 12.8. The highest BCUT2D eigenvalue weighted by Gasteiger charge is 2.41. The number of amides is 3. The van der Waals surface area contributed by atoms with Gasteiger partial charge >= 0.3 is 6.09 Å². The molecule has 2 fully saturated rings. The third-order valence-corrected chi connectivity index (χ3v) is 5.50. The fourth-order valence-electron chi connectivity index (χ4n) is 3.85. The predicted molar refractivity (Wildman–Crippen MR) is 101 cm³/mol. The normalized spacial score (nSPS) is 22.1. The zero-order valence-electron chi connectivity index (χ0n) is 15.1. The summed E-state index contributed by atoms with van der Waals surface area (Å²) in [6, 6.07) is 6.28. The van der Waals surface area contributed by atoms with Gasteiger partial charge in [0.2, 0.25) is 11.8 Å². The van der Waals surface area contributed by atoms with Crippen molar-refractivity contribution >= 4 is 29.5 Å². The molecule has 0 bridgehead atoms. The molecule has 1 aromatic rings. The first-order valence-corrected chi connectivity index (χ1v) is 9.67. The maximum absolute atomic E-state index is 12.8. The number of hydrogen-bond donors (Lipinski definition) is 2. The van der Waals surface area contributed by atoms with Crippen LogP contribution in [0, 0.1) is 0 Å². The fourth-order valence-corrected chi connectivity index (χ4v) is 3.97. The first kappa shape index (κ1) is 19.5. The quantitative estimate of drug-likeness (QED) is 0.801. The summed E-state index contributed by atoms with van der Waals surface area (Å²) >= 11 is 5.86. The van der Waals surface area contributed by atoms with Crippen LogP contribution < -0.4 is 5.32 Å². The first-order valence-electron chi connectivity index (χ1n) is 9.29. The zero-order chi connectivity index (χ0) is 19.4. The summed E-state index contributed by atoms with van der Waals surface area (Å²) < 4.78 is 0. The minimum atomic E-state index is -1.07. The Morgan fingerprint density at radius 2 is 1.67 bits per heavy atom. The van der Waals surface area contributed by atoms with E-state index in [2.05, 4.69) is 5.32 Å². The van der Waals surface area contributed by atoms with Gasteiger partial charge in [0.1, 0.15) is 12.1 Å². The molecule has 1 aromatic carbocycles. The van der Waals surface area contributed by atoms with Gasteiger partial charge in [-0.2, -0.15) is 0 Å². The number of nitrogens with zero attached hydrogens (tertiary/aromatic N) is 2. The molecule has 2 N–H and O–H groups in total. The Morgan fingerprint density at radius 3 is 2.33 bits per heavy atom. The lowest BCUT2D eigenvalue weighted by Crippen LogP contribution is -2.52. The fraction of sp³-hybridized carbons (Fsp3) is 0.526. The molecule has 0 aliphatic carbocycles. The van der Waals surface area contributed by atoms with E-state index in [0.29, 0.717) is 50.3 Å². The zero-order valence-corrected chi connectivity index (χ0v) is 15.8. The van der Waals surface area contributed by atoms with Crippen LogP contribution in [-0.2, 0) is 16.0 Å². The highest BCUT2D eigenvalue weighted by Crippen LogP contribution is 2.25. The molecule has 0 saturated carbocycles. The van der Waals surface area contributed by atoms with Crippen molar-refractivity contribution in [3.05, 3.63) is 34.9 Å². The summed E-state index contributed by atoms with van der Waals surface area (Å²) in [5.41, 5.74) is 1.07. The average molecular weight is 394 g/mol. The van der Waals surface area contributed by atoms with E-state index < -0.39 is 18.2 Å². The van der Waals surface area contributed by atoms with Gasteiger partial charge in [0, 0.05) is 24.7 Å². The van der Waals surface area contributed by atoms with Crippen molar-refractivity contribution in [3.63, 3.8) is 0 Å². The molecule has 3 amide bonds. The van der Waals surface area contributed by atoms with Crippen molar-refractivity contribution in [2.45, 2.75) is 44.2 Å². The Hall–Kier alpha value is -2.28. The lowest BCUT2D eigenvalue weighted by atomic mass is 10.1. The molecule has 2 saturated heterocycles. The van der Waals surface area contributed by atoms with E-state index in [4.69, 9.17) is 11.6 Å². The molecular weight excluding hydrogens is 370 g/mol. The van der Waals surface area contributed by atoms with E-state index in [9.17, 15) is 19.5 Å². The molecule has 146 valence electrons. The number of benzene rings is 1. The topological polar surface area (TPSA) is 90.0 Å². The van der Waals surface area contributed by atoms with Gasteiger partial charge in [-0.15, -0.1) is 0 Å². The summed E-state index contributed by atoms with van der Waals surface area (Å²) in [5, 5.41) is 12.8. The SMILES string of the molecule is O=C(NCCc1ccc(Cl)cc1)[C@@H]1CCCN1C(=O)C1CCCN1C(=O)O. The Morgan fingerprint density at radius 1 is 1.04 bits per heavy atom. The average Bonchev–Trinajstić information content (AvgIpc) is 3.32. The first-order chi connectivity index (χ1) is 13.0. The Kier molecular flexibility index (Phi) is 6.21. The summed E-state index contributed by atoms with van der Waals surface area (Å²) in [4.78, 5) is 39.5. The van der Waals surface area contributed by atoms with Crippen LogP contribution in [0.4, 0.5) is 4.79 Å². The van der Waals surface area contributed by atoms with Gasteiger partial charge in [-0.1, -0.05) is 23.7 Å². The summed E-state index contributed by atoms with van der Waals surface area (Å²) in [6.07, 6.45) is 2.16. The van der Waals surface area contributed by atoms with Crippen molar-refractivity contribution < 1.29 is 19.5 Å². The van der Waals surface area contributed by atoms with Gasteiger partial charge in [0.05, 0.1) is 0 Å². The van der Waals surface area contributed by atoms with Crippen molar-refractivity contribution in [3.8, 4) is 0 Å². The van der Waals surface area contributed by atoms with Gasteiger partial charge in [-0.25, -0.2) is 4.79 Å². The van der Waals surface area contributed by atoms with Gasteiger partial charge in [0.25, 0.3) is 0 Å². The van der Waals surface area contributed by atoms with E-state index in [1.807, 2.05) is 24.3 Å². The number of halogens is 1. The van der Waals surface area contributed by atoms with E-state index in [-0.39, 0.29) is 11.8 Å². The van der Waals surface area contributed by atoms with Gasteiger partial charge in [-0.05, 0) is 49.8 Å². The van der Waals surface area contributed by atoms with Crippen LogP contribution in [0.3, 0.4) is 0 Å². The van der Waals surface area contributed by atoms with Crippen LogP contribution >= 0.6 is 11.6 Å². The predicted octanol–water partition coefficient (Wildman–Crippen LogP) is 2.13. The summed E-state index contributed by atoms with van der Waals surface area (Å²) in [7, 11) is 0. The van der Waals surface area contributed by atoms with Crippen molar-refractivity contribution in [2.24, 2.45) is 0 Å². The molecule has 2 atom stereocenters. The van der Waals surface area contributed by atoms with Crippen molar-refractivity contribution in [1.29, 1.82) is 0 Å². The highest BCUT2D eigenvalue weighted by atomic mass is 35.5. The van der Waals surface area contributed by atoms with Crippen LogP contribution in [0.1, 0.15) is 31.2 Å². The number of rotatable bonds is 5. The Balaban J connectivity index is 1.55. The van der Waals surface area contributed by atoms with Crippen LogP contribution in [0.25, 0.3) is 0 Å². The third kappa shape index (κ3) is 4.53. The van der Waals surface area contributed by atoms with E-state index in [1.165, 1.54) is 4.90 Å². The molecule has 27 heavy (non-hydrogen) atoms. The van der Waals surface area contributed by atoms with Crippen LogP contribution in [-0.4, -0.2) is 64.5 Å². The number of nitrogens with one attached hydrogen (secondary N) is 1. The third-order valence-electron chi connectivity index (χ3n) is 5.25.